The third-order valence-corrected chi connectivity index (χ3v) is 7.16. The van der Waals surface area contributed by atoms with Crippen molar-refractivity contribution in [3.63, 3.8) is 0 Å². The van der Waals surface area contributed by atoms with Crippen LogP contribution in [0.1, 0.15) is 12.8 Å². The number of nitrogens with zero attached hydrogens (tertiary/aromatic N) is 1. The number of amides is 1. The van der Waals surface area contributed by atoms with Gasteiger partial charge in [-0.1, -0.05) is 11.6 Å². The topological polar surface area (TPSA) is 84.9 Å². The molecular weight excluding hydrogens is 435 g/mol. The number of hydrogen-bond acceptors (Lipinski definition) is 5. The molecule has 1 fully saturated rings. The average Bonchev–Trinajstić information content (AvgIpc) is 2.75. The molecule has 7 nitrogen and oxygen atoms in total. The summed E-state index contributed by atoms with van der Waals surface area (Å²) < 4.78 is 50.6. The van der Waals surface area contributed by atoms with E-state index in [1.807, 2.05) is 0 Å². The summed E-state index contributed by atoms with van der Waals surface area (Å²) in [5.41, 5.74) is 0.534. The number of benzene rings is 2. The first kappa shape index (κ1) is 22.3. The van der Waals surface area contributed by atoms with Crippen molar-refractivity contribution in [3.8, 4) is 11.5 Å². The summed E-state index contributed by atoms with van der Waals surface area (Å²) in [4.78, 5) is 12.6. The van der Waals surface area contributed by atoms with E-state index in [0.29, 0.717) is 30.0 Å². The number of hydrogen-bond donors (Lipinski definition) is 1. The summed E-state index contributed by atoms with van der Waals surface area (Å²) >= 11 is 5.71. The second-order valence-corrected chi connectivity index (χ2v) is 9.19. The Balaban J connectivity index is 1.65. The third-order valence-electron chi connectivity index (χ3n) is 4.97. The Kier molecular flexibility index (Phi) is 6.84. The summed E-state index contributed by atoms with van der Waals surface area (Å²) in [5, 5.41) is 2.58. The van der Waals surface area contributed by atoms with Crippen LogP contribution in [0.3, 0.4) is 0 Å². The molecule has 1 aliphatic heterocycles. The largest absolute Gasteiger partial charge is 0.497 e. The second kappa shape index (κ2) is 9.20. The van der Waals surface area contributed by atoms with Crippen LogP contribution in [0.15, 0.2) is 41.3 Å². The van der Waals surface area contributed by atoms with Crippen LogP contribution < -0.4 is 14.8 Å². The van der Waals surface area contributed by atoms with Gasteiger partial charge in [0.25, 0.3) is 0 Å². The molecule has 3 rings (SSSR count). The number of carbonyl (C=O) groups excluding carboxylic acids is 1. The summed E-state index contributed by atoms with van der Waals surface area (Å²) in [7, 11) is -0.772. The average molecular weight is 457 g/mol. The lowest BCUT2D eigenvalue weighted by molar-refractivity contribution is -0.120. The van der Waals surface area contributed by atoms with Gasteiger partial charge in [0.1, 0.15) is 17.3 Å². The summed E-state index contributed by atoms with van der Waals surface area (Å²) in [5.74, 6) is -0.134. The molecule has 1 amide bonds. The molecule has 162 valence electrons. The fourth-order valence-electron chi connectivity index (χ4n) is 3.27. The Hall–Kier alpha value is -2.36. The highest BCUT2D eigenvalue weighted by Crippen LogP contribution is 2.29. The molecule has 0 atom stereocenters. The van der Waals surface area contributed by atoms with Crippen molar-refractivity contribution >= 4 is 33.2 Å². The van der Waals surface area contributed by atoms with Crippen LogP contribution in [0, 0.1) is 11.7 Å². The predicted molar refractivity (Wildman–Crippen MR) is 111 cm³/mol. The van der Waals surface area contributed by atoms with Crippen molar-refractivity contribution in [2.45, 2.75) is 17.7 Å². The number of sulfonamides is 1. The van der Waals surface area contributed by atoms with E-state index in [2.05, 4.69) is 5.32 Å². The van der Waals surface area contributed by atoms with Gasteiger partial charge < -0.3 is 14.8 Å². The van der Waals surface area contributed by atoms with Gasteiger partial charge in [0, 0.05) is 42.9 Å². The maximum Gasteiger partial charge on any atom is 0.243 e. The van der Waals surface area contributed by atoms with Crippen molar-refractivity contribution in [2.75, 3.05) is 32.6 Å². The lowest BCUT2D eigenvalue weighted by atomic mass is 9.97. The van der Waals surface area contributed by atoms with Crippen molar-refractivity contribution in [2.24, 2.45) is 5.92 Å². The maximum atomic E-state index is 13.3. The highest BCUT2D eigenvalue weighted by Gasteiger charge is 2.32. The fourth-order valence-corrected chi connectivity index (χ4v) is 5.01. The Morgan fingerprint density at radius 1 is 1.10 bits per heavy atom. The van der Waals surface area contributed by atoms with Crippen LogP contribution in [0.5, 0.6) is 11.5 Å². The molecular formula is C20H22ClFN2O5S. The van der Waals surface area contributed by atoms with Gasteiger partial charge in [-0.25, -0.2) is 12.8 Å². The van der Waals surface area contributed by atoms with Gasteiger partial charge in [0.15, 0.2) is 0 Å². The smallest absolute Gasteiger partial charge is 0.243 e. The molecule has 0 aromatic heterocycles. The highest BCUT2D eigenvalue weighted by molar-refractivity contribution is 7.89. The van der Waals surface area contributed by atoms with Gasteiger partial charge >= 0.3 is 0 Å². The molecule has 30 heavy (non-hydrogen) atoms. The zero-order valence-corrected chi connectivity index (χ0v) is 18.1. The van der Waals surface area contributed by atoms with Gasteiger partial charge in [-0.15, -0.1) is 0 Å². The number of carbonyl (C=O) groups is 1. The molecule has 0 spiro atoms. The minimum Gasteiger partial charge on any atom is -0.497 e. The van der Waals surface area contributed by atoms with Gasteiger partial charge in [0.05, 0.1) is 24.1 Å². The van der Waals surface area contributed by atoms with Gasteiger partial charge in [-0.05, 0) is 31.0 Å². The Bertz CT molecular complexity index is 1020. The van der Waals surface area contributed by atoms with Crippen LogP contribution in [0.2, 0.25) is 5.02 Å². The van der Waals surface area contributed by atoms with E-state index in [1.54, 1.807) is 18.2 Å². The van der Waals surface area contributed by atoms with E-state index in [0.717, 1.165) is 12.1 Å². The summed E-state index contributed by atoms with van der Waals surface area (Å²) in [6.07, 6.45) is 0.724. The molecule has 0 aliphatic carbocycles. The zero-order chi connectivity index (χ0) is 21.9. The minimum absolute atomic E-state index is 0.0692. The first-order valence-electron chi connectivity index (χ1n) is 9.23. The second-order valence-electron chi connectivity index (χ2n) is 6.84. The highest BCUT2D eigenvalue weighted by atomic mass is 35.5. The first-order chi connectivity index (χ1) is 14.2. The maximum absolute atomic E-state index is 13.3. The van der Waals surface area contributed by atoms with Crippen LogP contribution in [-0.2, 0) is 14.8 Å². The number of piperidine rings is 1. The zero-order valence-electron chi connectivity index (χ0n) is 16.5. The van der Waals surface area contributed by atoms with E-state index in [-0.39, 0.29) is 34.8 Å². The van der Waals surface area contributed by atoms with Crippen molar-refractivity contribution in [1.29, 1.82) is 0 Å². The molecule has 0 bridgehead atoms. The molecule has 2 aromatic carbocycles. The number of nitrogens with one attached hydrogen (secondary N) is 1. The lowest BCUT2D eigenvalue weighted by Gasteiger charge is -2.30. The van der Waals surface area contributed by atoms with E-state index in [9.17, 15) is 17.6 Å². The quantitative estimate of drug-likeness (QED) is 0.718. The molecule has 1 N–H and O–H groups in total. The number of rotatable bonds is 6. The lowest BCUT2D eigenvalue weighted by Crippen LogP contribution is -2.41. The van der Waals surface area contributed by atoms with E-state index in [4.69, 9.17) is 21.1 Å². The van der Waals surface area contributed by atoms with Crippen LogP contribution in [-0.4, -0.2) is 45.9 Å². The number of methoxy groups -OCH3 is 2. The van der Waals surface area contributed by atoms with Crippen LogP contribution in [0.4, 0.5) is 10.1 Å². The Morgan fingerprint density at radius 2 is 1.70 bits per heavy atom. The van der Waals surface area contributed by atoms with E-state index in [1.165, 1.54) is 24.6 Å². The van der Waals surface area contributed by atoms with Gasteiger partial charge in [-0.3, -0.25) is 4.79 Å². The molecule has 0 radical (unpaired) electrons. The normalized spacial score (nSPS) is 15.6. The molecule has 1 heterocycles. The molecule has 0 saturated carbocycles. The van der Waals surface area contributed by atoms with Gasteiger partial charge in [0.2, 0.25) is 15.9 Å². The minimum atomic E-state index is -3.81. The molecule has 1 saturated heterocycles. The fraction of sp³-hybridized carbons (Fsp3) is 0.350. The SMILES string of the molecule is COc1cc(NC(=O)C2CCN(S(=O)(=O)c3ccc(F)c(Cl)c3)CC2)cc(OC)c1. The van der Waals surface area contributed by atoms with Crippen molar-refractivity contribution in [1.82, 2.24) is 4.31 Å². The van der Waals surface area contributed by atoms with Crippen LogP contribution >= 0.6 is 11.6 Å². The van der Waals surface area contributed by atoms with E-state index >= 15 is 0 Å². The molecule has 0 unspecified atom stereocenters. The first-order valence-corrected chi connectivity index (χ1v) is 11.1. The molecule has 2 aromatic rings. The van der Waals surface area contributed by atoms with Crippen molar-refractivity contribution < 1.29 is 27.1 Å². The number of anilines is 1. The van der Waals surface area contributed by atoms with E-state index < -0.39 is 15.8 Å². The Labute approximate surface area is 179 Å². The Morgan fingerprint density at radius 3 is 2.23 bits per heavy atom. The third kappa shape index (κ3) is 4.85. The monoisotopic (exact) mass is 456 g/mol. The summed E-state index contributed by atoms with van der Waals surface area (Å²) in [6, 6.07) is 8.36. The number of ether oxygens (including phenoxy) is 2. The predicted octanol–water partition coefficient (Wildman–Crippen LogP) is 3.54. The van der Waals surface area contributed by atoms with Crippen molar-refractivity contribution in [3.05, 3.63) is 47.2 Å². The number of halogens is 2. The molecule has 10 heteroatoms. The van der Waals surface area contributed by atoms with Crippen LogP contribution in [0.25, 0.3) is 0 Å². The standard InChI is InChI=1S/C20H22ClFN2O5S/c1-28-15-9-14(10-16(11-15)29-2)23-20(25)13-5-7-24(8-6-13)30(26,27)17-3-4-19(22)18(21)12-17/h3-4,9-13H,5-8H2,1-2H3,(H,23,25). The summed E-state index contributed by atoms with van der Waals surface area (Å²) in [6.45, 7) is 0.355. The van der Waals surface area contributed by atoms with Gasteiger partial charge in [-0.2, -0.15) is 4.31 Å². The molecule has 1 aliphatic rings.